The van der Waals surface area contributed by atoms with E-state index < -0.39 is 12.8 Å². The summed E-state index contributed by atoms with van der Waals surface area (Å²) in [5, 5.41) is 0.945. The van der Waals surface area contributed by atoms with Gasteiger partial charge >= 0.3 is 6.18 Å². The molecule has 0 amide bonds. The van der Waals surface area contributed by atoms with Gasteiger partial charge in [-0.15, -0.1) is 0 Å². The molecule has 0 unspecified atom stereocenters. The smallest absolute Gasteiger partial charge is 0.292 e. The first kappa shape index (κ1) is 13.8. The lowest BCUT2D eigenvalue weighted by Gasteiger charge is -2.09. The monoisotopic (exact) mass is 270 g/mol. The minimum Gasteiger partial charge on any atom is -0.292 e. The summed E-state index contributed by atoms with van der Waals surface area (Å²) in [5.74, 6) is 0. The SMILES string of the molecule is Cc1ccc2cc(CNOCC(F)(F)F)ccc2n1. The van der Waals surface area contributed by atoms with E-state index in [9.17, 15) is 13.2 Å². The highest BCUT2D eigenvalue weighted by atomic mass is 19.4. The van der Waals surface area contributed by atoms with Crippen LogP contribution in [-0.4, -0.2) is 17.8 Å². The number of benzene rings is 1. The Morgan fingerprint density at radius 3 is 2.74 bits per heavy atom. The fourth-order valence-electron chi connectivity index (χ4n) is 1.65. The minimum absolute atomic E-state index is 0.208. The summed E-state index contributed by atoms with van der Waals surface area (Å²) in [6.45, 7) is 0.807. The van der Waals surface area contributed by atoms with Gasteiger partial charge in [-0.2, -0.15) is 18.7 Å². The highest BCUT2D eigenvalue weighted by molar-refractivity contribution is 5.79. The molecule has 0 atom stereocenters. The van der Waals surface area contributed by atoms with Gasteiger partial charge in [0.2, 0.25) is 0 Å². The Labute approximate surface area is 108 Å². The van der Waals surface area contributed by atoms with Gasteiger partial charge in [-0.05, 0) is 30.7 Å². The highest BCUT2D eigenvalue weighted by Gasteiger charge is 2.27. The van der Waals surface area contributed by atoms with Crippen molar-refractivity contribution in [1.82, 2.24) is 10.5 Å². The number of halogens is 3. The fraction of sp³-hybridized carbons (Fsp3) is 0.308. The van der Waals surface area contributed by atoms with E-state index in [1.165, 1.54) is 0 Å². The second-order valence-electron chi connectivity index (χ2n) is 4.20. The molecule has 6 heteroatoms. The van der Waals surface area contributed by atoms with Crippen LogP contribution in [0.2, 0.25) is 0 Å². The van der Waals surface area contributed by atoms with Crippen LogP contribution in [0.1, 0.15) is 11.3 Å². The summed E-state index contributed by atoms with van der Waals surface area (Å²) in [7, 11) is 0. The second kappa shape index (κ2) is 5.54. The number of hydroxylamine groups is 1. The van der Waals surface area contributed by atoms with Gasteiger partial charge in [0, 0.05) is 17.6 Å². The predicted octanol–water partition coefficient (Wildman–Crippen LogP) is 3.13. The van der Waals surface area contributed by atoms with Crippen molar-refractivity contribution >= 4 is 10.9 Å². The third-order valence-electron chi connectivity index (χ3n) is 2.51. The van der Waals surface area contributed by atoms with E-state index >= 15 is 0 Å². The number of fused-ring (bicyclic) bond motifs is 1. The Kier molecular flexibility index (Phi) is 4.01. The first-order valence-electron chi connectivity index (χ1n) is 5.72. The Hall–Kier alpha value is -1.66. The summed E-state index contributed by atoms with van der Waals surface area (Å²) in [4.78, 5) is 8.69. The third kappa shape index (κ3) is 4.18. The predicted molar refractivity (Wildman–Crippen MR) is 65.3 cm³/mol. The van der Waals surface area contributed by atoms with E-state index in [-0.39, 0.29) is 6.54 Å². The molecule has 0 aliphatic rings. The lowest BCUT2D eigenvalue weighted by molar-refractivity contribution is -0.190. The van der Waals surface area contributed by atoms with E-state index in [4.69, 9.17) is 0 Å². The number of hydrogen-bond donors (Lipinski definition) is 1. The molecular weight excluding hydrogens is 257 g/mol. The maximum atomic E-state index is 11.9. The summed E-state index contributed by atoms with van der Waals surface area (Å²) >= 11 is 0. The van der Waals surface area contributed by atoms with Crippen LogP contribution in [0.3, 0.4) is 0 Å². The third-order valence-corrected chi connectivity index (χ3v) is 2.51. The van der Waals surface area contributed by atoms with Crippen LogP contribution in [0.25, 0.3) is 10.9 Å². The average molecular weight is 270 g/mol. The van der Waals surface area contributed by atoms with Crippen molar-refractivity contribution in [3.8, 4) is 0 Å². The summed E-state index contributed by atoms with van der Waals surface area (Å²) in [6, 6.07) is 9.32. The van der Waals surface area contributed by atoms with Crippen molar-refractivity contribution in [1.29, 1.82) is 0 Å². The van der Waals surface area contributed by atoms with Crippen molar-refractivity contribution in [3.05, 3.63) is 41.6 Å². The largest absolute Gasteiger partial charge is 0.413 e. The van der Waals surface area contributed by atoms with Gasteiger partial charge < -0.3 is 0 Å². The van der Waals surface area contributed by atoms with Gasteiger partial charge in [0.05, 0.1) is 5.52 Å². The molecule has 102 valence electrons. The number of aromatic nitrogens is 1. The molecule has 2 rings (SSSR count). The number of alkyl halides is 3. The van der Waals surface area contributed by atoms with E-state index in [2.05, 4.69) is 15.3 Å². The first-order valence-corrected chi connectivity index (χ1v) is 5.72. The first-order chi connectivity index (χ1) is 8.94. The molecule has 1 heterocycles. The number of pyridine rings is 1. The molecule has 0 spiro atoms. The summed E-state index contributed by atoms with van der Waals surface area (Å²) < 4.78 is 35.6. The lowest BCUT2D eigenvalue weighted by atomic mass is 10.1. The zero-order chi connectivity index (χ0) is 13.9. The fourth-order valence-corrected chi connectivity index (χ4v) is 1.65. The van der Waals surface area contributed by atoms with Crippen molar-refractivity contribution in [2.24, 2.45) is 0 Å². The molecule has 1 N–H and O–H groups in total. The van der Waals surface area contributed by atoms with Gasteiger partial charge in [-0.3, -0.25) is 9.82 Å². The normalized spacial score (nSPS) is 12.0. The maximum Gasteiger partial charge on any atom is 0.413 e. The molecule has 0 aliphatic heterocycles. The molecule has 19 heavy (non-hydrogen) atoms. The van der Waals surface area contributed by atoms with Gasteiger partial charge in [0.25, 0.3) is 0 Å². The van der Waals surface area contributed by atoms with Gasteiger partial charge in [-0.1, -0.05) is 12.1 Å². The zero-order valence-corrected chi connectivity index (χ0v) is 10.3. The van der Waals surface area contributed by atoms with E-state index in [0.29, 0.717) is 0 Å². The molecule has 0 radical (unpaired) electrons. The van der Waals surface area contributed by atoms with Crippen LogP contribution in [0.15, 0.2) is 30.3 Å². The highest BCUT2D eigenvalue weighted by Crippen LogP contribution is 2.16. The number of hydrogen-bond acceptors (Lipinski definition) is 3. The molecular formula is C13H13F3N2O. The van der Waals surface area contributed by atoms with Crippen LogP contribution in [0, 0.1) is 6.92 Å². The summed E-state index contributed by atoms with van der Waals surface area (Å²) in [6.07, 6.45) is -4.32. The van der Waals surface area contributed by atoms with E-state index in [1.807, 2.05) is 31.2 Å². The molecule has 2 aromatic rings. The standard InChI is InChI=1S/C13H13F3N2O/c1-9-2-4-11-6-10(3-5-12(11)18-9)7-17-19-8-13(14,15)16/h2-6,17H,7-8H2,1H3. The Balaban J connectivity index is 1.96. The quantitative estimate of drug-likeness (QED) is 0.684. The topological polar surface area (TPSA) is 34.1 Å². The zero-order valence-electron chi connectivity index (χ0n) is 10.3. The van der Waals surface area contributed by atoms with Crippen molar-refractivity contribution in [3.63, 3.8) is 0 Å². The molecule has 1 aromatic heterocycles. The van der Waals surface area contributed by atoms with Crippen molar-refractivity contribution in [2.45, 2.75) is 19.6 Å². The number of aryl methyl sites for hydroxylation is 1. The average Bonchev–Trinajstić information content (AvgIpc) is 2.33. The molecule has 3 nitrogen and oxygen atoms in total. The van der Waals surface area contributed by atoms with Crippen LogP contribution < -0.4 is 5.48 Å². The number of nitrogens with one attached hydrogen (secondary N) is 1. The van der Waals surface area contributed by atoms with Crippen LogP contribution in [0.4, 0.5) is 13.2 Å². The Morgan fingerprint density at radius 2 is 2.00 bits per heavy atom. The van der Waals surface area contributed by atoms with Gasteiger partial charge in [-0.25, -0.2) is 0 Å². The van der Waals surface area contributed by atoms with E-state index in [0.717, 1.165) is 22.2 Å². The Bertz CT molecular complexity index is 569. The van der Waals surface area contributed by atoms with Crippen molar-refractivity contribution in [2.75, 3.05) is 6.61 Å². The van der Waals surface area contributed by atoms with Crippen LogP contribution in [-0.2, 0) is 11.4 Å². The van der Waals surface area contributed by atoms with Gasteiger partial charge in [0.1, 0.15) is 0 Å². The second-order valence-corrected chi connectivity index (χ2v) is 4.20. The number of rotatable bonds is 4. The molecule has 1 aromatic carbocycles. The Morgan fingerprint density at radius 1 is 1.21 bits per heavy atom. The molecule has 0 saturated heterocycles. The molecule has 0 bridgehead atoms. The van der Waals surface area contributed by atoms with E-state index in [1.54, 1.807) is 6.07 Å². The molecule has 0 aliphatic carbocycles. The molecule has 0 saturated carbocycles. The van der Waals surface area contributed by atoms with Crippen LogP contribution in [0.5, 0.6) is 0 Å². The number of nitrogens with zero attached hydrogens (tertiary/aromatic N) is 1. The summed E-state index contributed by atoms with van der Waals surface area (Å²) in [5.41, 5.74) is 4.91. The maximum absolute atomic E-state index is 11.9. The van der Waals surface area contributed by atoms with Gasteiger partial charge in [0.15, 0.2) is 6.61 Å². The van der Waals surface area contributed by atoms with Crippen molar-refractivity contribution < 1.29 is 18.0 Å². The minimum atomic E-state index is -4.32. The van der Waals surface area contributed by atoms with Crippen LogP contribution >= 0.6 is 0 Å². The molecule has 0 fully saturated rings. The lowest BCUT2D eigenvalue weighted by Crippen LogP contribution is -2.24.